The normalized spacial score (nSPS) is 18.1. The van der Waals surface area contributed by atoms with Gasteiger partial charge in [-0.05, 0) is 76.3 Å². The van der Waals surface area contributed by atoms with Crippen LogP contribution >= 0.6 is 0 Å². The van der Waals surface area contributed by atoms with Crippen molar-refractivity contribution in [3.8, 4) is 34.7 Å². The smallest absolute Gasteiger partial charge is 0.321 e. The van der Waals surface area contributed by atoms with Crippen molar-refractivity contribution >= 4 is 34.8 Å². The number of benzene rings is 2. The molecule has 2 aliphatic rings. The fourth-order valence-corrected chi connectivity index (χ4v) is 8.42. The minimum Gasteiger partial charge on any atom is -0.321 e. The third-order valence-electron chi connectivity index (χ3n) is 12.4. The lowest BCUT2D eigenvalue weighted by Crippen LogP contribution is -2.17. The van der Waals surface area contributed by atoms with Crippen LogP contribution in [-0.2, 0) is 0 Å². The SMILES string of the molecule is Cc1cnc(Nc2cnn(C3CCC(C#N)CC3)c2)nc1-c1ccc(C(=O)CCC(F)(F)F)cc1.Cc1cnc(Nc2cnn(C3CCC(C#N)CC3)c2)nc1-c1ccc(C(=O)CCC(F)(F)F)cc1. The van der Waals surface area contributed by atoms with Gasteiger partial charge in [0.2, 0.25) is 11.9 Å². The predicted molar refractivity (Wildman–Crippen MR) is 248 cm³/mol. The summed E-state index contributed by atoms with van der Waals surface area (Å²) >= 11 is 0. The molecule has 2 N–H and O–H groups in total. The van der Waals surface area contributed by atoms with Crippen LogP contribution in [0.15, 0.2) is 85.7 Å². The van der Waals surface area contributed by atoms with E-state index in [1.54, 1.807) is 49.1 Å². The van der Waals surface area contributed by atoms with Crippen LogP contribution in [-0.4, -0.2) is 63.4 Å². The molecule has 0 bridgehead atoms. The van der Waals surface area contributed by atoms with Crippen LogP contribution in [0.4, 0.5) is 49.6 Å². The molecule has 364 valence electrons. The highest BCUT2D eigenvalue weighted by Crippen LogP contribution is 2.34. The van der Waals surface area contributed by atoms with Crippen LogP contribution in [0, 0.1) is 48.3 Å². The number of hydrogen-bond donors (Lipinski definition) is 2. The Morgan fingerprint density at radius 3 is 1.27 bits per heavy atom. The molecule has 0 atom stereocenters. The van der Waals surface area contributed by atoms with Crippen molar-refractivity contribution < 1.29 is 35.9 Å². The third-order valence-corrected chi connectivity index (χ3v) is 12.4. The molecule has 0 amide bonds. The molecule has 14 nitrogen and oxygen atoms in total. The summed E-state index contributed by atoms with van der Waals surface area (Å²) in [6.45, 7) is 3.72. The molecule has 4 aromatic heterocycles. The number of alkyl halides is 6. The summed E-state index contributed by atoms with van der Waals surface area (Å²) in [5.74, 6) is -0.0772. The van der Waals surface area contributed by atoms with Crippen LogP contribution < -0.4 is 10.6 Å². The Hall–Kier alpha value is -7.48. The zero-order valence-electron chi connectivity index (χ0n) is 38.4. The van der Waals surface area contributed by atoms with Gasteiger partial charge >= 0.3 is 12.4 Å². The Labute approximate surface area is 400 Å². The summed E-state index contributed by atoms with van der Waals surface area (Å²) in [4.78, 5) is 42.0. The van der Waals surface area contributed by atoms with Crippen molar-refractivity contribution in [3.63, 3.8) is 0 Å². The molecule has 20 heteroatoms. The number of carbonyl (C=O) groups is 2. The van der Waals surface area contributed by atoms with Crippen molar-refractivity contribution in [1.29, 1.82) is 10.5 Å². The Bertz CT molecular complexity index is 2640. The summed E-state index contributed by atoms with van der Waals surface area (Å²) in [5, 5.41) is 33.4. The first-order chi connectivity index (χ1) is 33.4. The molecular formula is C50H50F6N12O2. The lowest BCUT2D eigenvalue weighted by Gasteiger charge is -2.24. The first kappa shape index (κ1) is 50.4. The Morgan fingerprint density at radius 1 is 0.586 bits per heavy atom. The van der Waals surface area contributed by atoms with E-state index in [0.717, 1.165) is 85.0 Å². The van der Waals surface area contributed by atoms with E-state index in [0.29, 0.717) is 23.3 Å². The highest BCUT2D eigenvalue weighted by atomic mass is 19.4. The zero-order valence-corrected chi connectivity index (χ0v) is 38.4. The number of ketones is 2. The van der Waals surface area contributed by atoms with E-state index in [1.807, 2.05) is 35.6 Å². The highest BCUT2D eigenvalue weighted by molar-refractivity contribution is 5.97. The number of aromatic nitrogens is 8. The third kappa shape index (κ3) is 13.8. The van der Waals surface area contributed by atoms with Crippen molar-refractivity contribution in [2.75, 3.05) is 10.6 Å². The fraction of sp³-hybridized carbons (Fsp3) is 0.400. The number of nitrogens with zero attached hydrogens (tertiary/aromatic N) is 10. The van der Waals surface area contributed by atoms with Crippen molar-refractivity contribution in [3.05, 3.63) is 108 Å². The lowest BCUT2D eigenvalue weighted by atomic mass is 9.87. The molecule has 4 heterocycles. The molecule has 8 rings (SSSR count). The second-order valence-corrected chi connectivity index (χ2v) is 17.6. The molecule has 0 saturated heterocycles. The number of carbonyl (C=O) groups excluding carboxylic acids is 2. The average molecular weight is 965 g/mol. The van der Waals surface area contributed by atoms with E-state index >= 15 is 0 Å². The van der Waals surface area contributed by atoms with E-state index in [9.17, 15) is 35.9 Å². The zero-order chi connectivity index (χ0) is 50.0. The molecular weight excluding hydrogens is 915 g/mol. The molecule has 0 unspecified atom stereocenters. The number of aryl methyl sites for hydroxylation is 2. The van der Waals surface area contributed by atoms with Gasteiger partial charge in [0.25, 0.3) is 0 Å². The first-order valence-corrected chi connectivity index (χ1v) is 22.9. The van der Waals surface area contributed by atoms with E-state index in [4.69, 9.17) is 10.5 Å². The van der Waals surface area contributed by atoms with Gasteiger partial charge < -0.3 is 10.6 Å². The summed E-state index contributed by atoms with van der Waals surface area (Å²) < 4.78 is 78.2. The maximum atomic E-state index is 12.4. The van der Waals surface area contributed by atoms with Crippen LogP contribution in [0.2, 0.25) is 0 Å². The Balaban J connectivity index is 0.000000206. The van der Waals surface area contributed by atoms with E-state index < -0.39 is 49.6 Å². The van der Waals surface area contributed by atoms with Gasteiger partial charge in [-0.15, -0.1) is 0 Å². The first-order valence-electron chi connectivity index (χ1n) is 22.9. The van der Waals surface area contributed by atoms with Crippen molar-refractivity contribution in [2.45, 2.75) is 115 Å². The second kappa shape index (κ2) is 22.3. The minimum atomic E-state index is -4.36. The standard InChI is InChI=1S/2C25H25F3N6O/c2*1-16-13-30-24(32-20-14-31-34(15-20)21-8-2-17(12-29)3-9-21)33-23(16)19-6-4-18(5-7-19)22(35)10-11-25(26,27)28/h2*4-7,13-15,17,21H,2-3,8-11H2,1H3,(H,30,32,33). The van der Waals surface area contributed by atoms with Gasteiger partial charge in [-0.1, -0.05) is 48.5 Å². The van der Waals surface area contributed by atoms with Gasteiger partial charge in [0.15, 0.2) is 11.6 Å². The van der Waals surface area contributed by atoms with E-state index in [1.165, 1.54) is 24.3 Å². The number of halogens is 6. The Kier molecular flexibility index (Phi) is 16.1. The maximum absolute atomic E-state index is 12.4. The summed E-state index contributed by atoms with van der Waals surface area (Å²) in [6, 6.07) is 18.0. The maximum Gasteiger partial charge on any atom is 0.389 e. The molecule has 2 fully saturated rings. The van der Waals surface area contributed by atoms with Gasteiger partial charge in [0, 0.05) is 71.7 Å². The van der Waals surface area contributed by atoms with Crippen molar-refractivity contribution in [2.24, 2.45) is 11.8 Å². The molecule has 0 radical (unpaired) electrons. The van der Waals surface area contributed by atoms with Crippen LogP contribution in [0.3, 0.4) is 0 Å². The number of rotatable bonds is 14. The van der Waals surface area contributed by atoms with Gasteiger partial charge in [0.1, 0.15) is 0 Å². The topological polar surface area (TPSA) is 193 Å². The van der Waals surface area contributed by atoms with Gasteiger partial charge in [0.05, 0.1) is 72.2 Å². The molecule has 0 spiro atoms. The summed E-state index contributed by atoms with van der Waals surface area (Å²) in [7, 11) is 0. The van der Waals surface area contributed by atoms with Gasteiger partial charge in [-0.3, -0.25) is 19.0 Å². The molecule has 70 heavy (non-hydrogen) atoms. The molecule has 2 saturated carbocycles. The van der Waals surface area contributed by atoms with Crippen LogP contribution in [0.1, 0.15) is 121 Å². The Morgan fingerprint density at radius 2 is 0.943 bits per heavy atom. The minimum absolute atomic E-state index is 0.130. The number of hydrogen-bond acceptors (Lipinski definition) is 12. The largest absolute Gasteiger partial charge is 0.389 e. The summed E-state index contributed by atoms with van der Waals surface area (Å²) in [6.07, 6.45) is 5.63. The van der Waals surface area contributed by atoms with Crippen LogP contribution in [0.5, 0.6) is 0 Å². The number of anilines is 4. The predicted octanol–water partition coefficient (Wildman–Crippen LogP) is 12.3. The second-order valence-electron chi connectivity index (χ2n) is 17.6. The fourth-order valence-electron chi connectivity index (χ4n) is 8.42. The number of nitriles is 2. The lowest BCUT2D eigenvalue weighted by molar-refractivity contribution is -0.134. The monoisotopic (exact) mass is 964 g/mol. The van der Waals surface area contributed by atoms with E-state index in [-0.39, 0.29) is 35.0 Å². The van der Waals surface area contributed by atoms with Gasteiger partial charge in [-0.25, -0.2) is 19.9 Å². The van der Waals surface area contributed by atoms with E-state index in [2.05, 4.69) is 52.9 Å². The molecule has 2 aromatic carbocycles. The highest BCUT2D eigenvalue weighted by Gasteiger charge is 2.30. The van der Waals surface area contributed by atoms with Crippen LogP contribution in [0.25, 0.3) is 22.5 Å². The molecule has 0 aliphatic heterocycles. The number of nitrogens with one attached hydrogen (secondary N) is 2. The quantitative estimate of drug-likeness (QED) is 0.0776. The van der Waals surface area contributed by atoms with Gasteiger partial charge in [-0.2, -0.15) is 47.1 Å². The average Bonchev–Trinajstić information content (AvgIpc) is 4.04. The molecule has 6 aromatic rings. The number of Topliss-reactive ketones (excluding diaryl/α,β-unsaturated/α-hetero) is 2. The van der Waals surface area contributed by atoms with Crippen molar-refractivity contribution in [1.82, 2.24) is 39.5 Å². The molecule has 2 aliphatic carbocycles. The summed E-state index contributed by atoms with van der Waals surface area (Å²) in [5.41, 5.74) is 6.35.